The normalized spacial score (nSPS) is 19.4. The van der Waals surface area contributed by atoms with Crippen LogP contribution in [0.4, 0.5) is 9.59 Å². The van der Waals surface area contributed by atoms with Gasteiger partial charge < -0.3 is 45.0 Å². The Hall–Kier alpha value is -6.38. The molecule has 2 aromatic heterocycles. The number of benzene rings is 3. The van der Waals surface area contributed by atoms with Crippen LogP contribution in [0.25, 0.3) is 33.3 Å². The number of ether oxygens (including phenoxy) is 2. The van der Waals surface area contributed by atoms with Gasteiger partial charge in [0.25, 0.3) is 0 Å². The first-order valence-corrected chi connectivity index (χ1v) is 21.3. The highest BCUT2D eigenvalue weighted by atomic mass is 16.5. The summed E-state index contributed by atoms with van der Waals surface area (Å²) in [5.74, 6) is 2.38. The number of H-pyrrole nitrogens is 2. The van der Waals surface area contributed by atoms with Gasteiger partial charge in [-0.15, -0.1) is 0 Å². The Balaban J connectivity index is 1.01. The van der Waals surface area contributed by atoms with E-state index in [9.17, 15) is 24.3 Å². The number of likely N-dealkylation sites (tertiary alicyclic amines) is 2. The average molecular weight is 831 g/mol. The molecule has 15 nitrogen and oxygen atoms in total. The molecule has 0 aliphatic carbocycles. The number of hydrogen-bond acceptors (Lipinski definition) is 8. The second kappa shape index (κ2) is 16.9. The molecule has 2 fully saturated rings. The highest BCUT2D eigenvalue weighted by Gasteiger charge is 2.39. The van der Waals surface area contributed by atoms with E-state index in [0.717, 1.165) is 93.8 Å². The average Bonchev–Trinajstić information content (AvgIpc) is 4.09. The van der Waals surface area contributed by atoms with Crippen molar-refractivity contribution < 1.29 is 33.8 Å². The smallest absolute Gasteiger partial charge is 0.407 e. The van der Waals surface area contributed by atoms with E-state index in [1.165, 1.54) is 7.11 Å². The molecule has 15 heteroatoms. The number of nitrogens with one attached hydrogen (secondary N) is 4. The molecule has 0 bridgehead atoms. The number of methoxy groups -OCH3 is 1. The van der Waals surface area contributed by atoms with E-state index in [1.54, 1.807) is 11.1 Å². The van der Waals surface area contributed by atoms with E-state index in [4.69, 9.17) is 19.4 Å². The number of hydrogen-bond donors (Lipinski definition) is 5. The molecule has 3 aliphatic heterocycles. The summed E-state index contributed by atoms with van der Waals surface area (Å²) < 4.78 is 11.4. The lowest BCUT2D eigenvalue weighted by Gasteiger charge is -2.30. The minimum Gasteiger partial charge on any atom is -0.465 e. The van der Waals surface area contributed by atoms with Gasteiger partial charge in [-0.2, -0.15) is 0 Å². The van der Waals surface area contributed by atoms with Gasteiger partial charge in [0.15, 0.2) is 0 Å². The summed E-state index contributed by atoms with van der Waals surface area (Å²) in [7, 11) is 1.29. The van der Waals surface area contributed by atoms with Gasteiger partial charge in [-0.3, -0.25) is 9.59 Å². The van der Waals surface area contributed by atoms with E-state index in [2.05, 4.69) is 63.9 Å². The number of aromatic amines is 2. The third-order valence-electron chi connectivity index (χ3n) is 12.5. The summed E-state index contributed by atoms with van der Waals surface area (Å²) in [5.41, 5.74) is 5.79. The summed E-state index contributed by atoms with van der Waals surface area (Å²) in [5, 5.41) is 16.7. The van der Waals surface area contributed by atoms with E-state index in [1.807, 2.05) is 50.9 Å². The zero-order valence-corrected chi connectivity index (χ0v) is 35.5. The van der Waals surface area contributed by atoms with Gasteiger partial charge in [-0.05, 0) is 72.9 Å². The van der Waals surface area contributed by atoms with Crippen LogP contribution < -0.4 is 15.4 Å². The van der Waals surface area contributed by atoms with Gasteiger partial charge in [-0.1, -0.05) is 65.0 Å². The van der Waals surface area contributed by atoms with Gasteiger partial charge in [-0.25, -0.2) is 19.6 Å². The molecule has 3 aliphatic rings. The topological polar surface area (TPSA) is 195 Å². The van der Waals surface area contributed by atoms with Crippen molar-refractivity contribution >= 4 is 34.8 Å². The SMILES string of the molecule is CCC1c2ccc(-c3cnc([C@@H]4CCCN4C(=O)C(NC(=O)O)C(C)C)[nH]3)cc2Oc2ccc3cc(-c4cnc([C@@H]5CCCN5C(=O)C(NC(=O)OC)C(C)C)[nH]4)ccc3c21. The fraction of sp³-hybridized carbons (Fsp3) is 0.435. The lowest BCUT2D eigenvalue weighted by Crippen LogP contribution is -2.51. The Labute approximate surface area is 354 Å². The number of carboxylic acid groups (broad SMARTS) is 1. The molecule has 5 atom stereocenters. The van der Waals surface area contributed by atoms with Crippen molar-refractivity contribution in [3.05, 3.63) is 83.7 Å². The highest BCUT2D eigenvalue weighted by Crippen LogP contribution is 2.50. The summed E-state index contributed by atoms with van der Waals surface area (Å²) >= 11 is 0. The number of carbonyl (C=O) groups is 4. The molecular weight excluding hydrogens is 777 g/mol. The molecule has 2 saturated heterocycles. The number of nitrogens with zero attached hydrogens (tertiary/aromatic N) is 4. The van der Waals surface area contributed by atoms with Crippen LogP contribution in [0.1, 0.15) is 108 Å². The van der Waals surface area contributed by atoms with E-state index in [-0.39, 0.29) is 41.7 Å². The lowest BCUT2D eigenvalue weighted by molar-refractivity contribution is -0.136. The number of aromatic nitrogens is 4. The number of rotatable bonds is 11. The first kappa shape index (κ1) is 41.4. The Morgan fingerprint density at radius 3 is 1.93 bits per heavy atom. The molecule has 5 N–H and O–H groups in total. The Bertz CT molecular complexity index is 2470. The third kappa shape index (κ3) is 7.88. The third-order valence-corrected chi connectivity index (χ3v) is 12.5. The van der Waals surface area contributed by atoms with Crippen LogP contribution in [0.15, 0.2) is 60.9 Å². The van der Waals surface area contributed by atoms with Gasteiger partial charge in [0, 0.05) is 41.3 Å². The Morgan fingerprint density at radius 1 is 0.803 bits per heavy atom. The van der Waals surface area contributed by atoms with Gasteiger partial charge in [0.05, 0.1) is 43.0 Å². The minimum atomic E-state index is -1.22. The number of fused-ring (bicyclic) bond motifs is 4. The number of imidazole rings is 2. The van der Waals surface area contributed by atoms with Crippen LogP contribution in [0.5, 0.6) is 11.5 Å². The fourth-order valence-electron chi connectivity index (χ4n) is 9.36. The van der Waals surface area contributed by atoms with E-state index >= 15 is 0 Å². The van der Waals surface area contributed by atoms with Gasteiger partial charge >= 0.3 is 12.2 Å². The first-order valence-electron chi connectivity index (χ1n) is 21.3. The molecular formula is C46H54N8O7. The number of carbonyl (C=O) groups excluding carboxylic acids is 3. The van der Waals surface area contributed by atoms with Crippen LogP contribution >= 0.6 is 0 Å². The number of amides is 4. The van der Waals surface area contributed by atoms with Crippen molar-refractivity contribution in [1.29, 1.82) is 0 Å². The largest absolute Gasteiger partial charge is 0.465 e. The molecule has 320 valence electrons. The summed E-state index contributed by atoms with van der Waals surface area (Å²) in [4.78, 5) is 70.7. The summed E-state index contributed by atoms with van der Waals surface area (Å²) in [6.07, 6.45) is 5.77. The molecule has 5 aromatic rings. The van der Waals surface area contributed by atoms with Gasteiger partial charge in [0.2, 0.25) is 11.8 Å². The Kier molecular flexibility index (Phi) is 11.5. The Morgan fingerprint density at radius 2 is 1.38 bits per heavy atom. The molecule has 3 unspecified atom stereocenters. The predicted molar refractivity (Wildman–Crippen MR) is 229 cm³/mol. The minimum absolute atomic E-state index is 0.0963. The quantitative estimate of drug-likeness (QED) is 0.0871. The molecule has 0 radical (unpaired) electrons. The zero-order valence-electron chi connectivity index (χ0n) is 35.5. The first-order chi connectivity index (χ1) is 29.4. The van der Waals surface area contributed by atoms with E-state index in [0.29, 0.717) is 18.9 Å². The molecule has 0 saturated carbocycles. The summed E-state index contributed by atoms with van der Waals surface area (Å²) in [6, 6.07) is 14.7. The summed E-state index contributed by atoms with van der Waals surface area (Å²) in [6.45, 7) is 10.8. The van der Waals surface area contributed by atoms with Crippen molar-refractivity contribution in [3.63, 3.8) is 0 Å². The van der Waals surface area contributed by atoms with Crippen LogP contribution in [0.2, 0.25) is 0 Å². The highest BCUT2D eigenvalue weighted by molar-refractivity contribution is 5.93. The maximum absolute atomic E-state index is 13.7. The fourth-order valence-corrected chi connectivity index (χ4v) is 9.36. The molecule has 8 rings (SSSR count). The standard InChI is InChI=1S/C46H54N8O7/c1-7-29-31-16-13-28(33-23-48-42(50-33)34-10-8-18-53(34)43(55)39(24(2)3)51-45(57)58)21-37(31)61-36-17-14-26-20-27(12-15-30(26)38(29)36)32-22-47-41(49-32)35-11-9-19-54(35)44(56)40(25(4)5)52-46(59)60-6/h12-17,20-25,29,34-35,39-40,51H,7-11,18-19H2,1-6H3,(H,47,49)(H,48,50)(H,52,59)(H,57,58)/t29?,34-,35-,39?,40?/m0/s1. The monoisotopic (exact) mass is 830 g/mol. The predicted octanol–water partition coefficient (Wildman–Crippen LogP) is 8.27. The molecule has 5 heterocycles. The molecule has 3 aromatic carbocycles. The lowest BCUT2D eigenvalue weighted by atomic mass is 9.82. The van der Waals surface area contributed by atoms with Crippen LogP contribution in [0.3, 0.4) is 0 Å². The maximum Gasteiger partial charge on any atom is 0.407 e. The molecule has 4 amide bonds. The van der Waals surface area contributed by atoms with Gasteiger partial charge in [0.1, 0.15) is 35.2 Å². The maximum atomic E-state index is 13.7. The van der Waals surface area contributed by atoms with Crippen molar-refractivity contribution in [2.24, 2.45) is 11.8 Å². The molecule has 61 heavy (non-hydrogen) atoms. The van der Waals surface area contributed by atoms with Crippen molar-refractivity contribution in [3.8, 4) is 34.0 Å². The molecule has 0 spiro atoms. The van der Waals surface area contributed by atoms with Crippen LogP contribution in [-0.2, 0) is 14.3 Å². The van der Waals surface area contributed by atoms with Crippen molar-refractivity contribution in [1.82, 2.24) is 40.4 Å². The second-order valence-electron chi connectivity index (χ2n) is 17.0. The zero-order chi connectivity index (χ0) is 43.1. The van der Waals surface area contributed by atoms with Crippen molar-refractivity contribution in [2.75, 3.05) is 20.2 Å². The van der Waals surface area contributed by atoms with Crippen LogP contribution in [0, 0.1) is 11.8 Å². The van der Waals surface area contributed by atoms with Crippen molar-refractivity contribution in [2.45, 2.75) is 96.8 Å². The number of alkyl carbamates (subject to hydrolysis) is 1. The van der Waals surface area contributed by atoms with E-state index < -0.39 is 24.3 Å². The van der Waals surface area contributed by atoms with Crippen LogP contribution in [-0.4, -0.2) is 91.1 Å². The second-order valence-corrected chi connectivity index (χ2v) is 17.0.